The van der Waals surface area contributed by atoms with Crippen molar-refractivity contribution >= 4 is 39.8 Å². The van der Waals surface area contributed by atoms with E-state index in [1.807, 2.05) is 51.2 Å². The summed E-state index contributed by atoms with van der Waals surface area (Å²) in [6, 6.07) is 12.5. The Kier molecular flexibility index (Phi) is 10.0. The van der Waals surface area contributed by atoms with E-state index in [1.165, 1.54) is 0 Å². The van der Waals surface area contributed by atoms with Gasteiger partial charge in [0.1, 0.15) is 0 Å². The van der Waals surface area contributed by atoms with Crippen LogP contribution in [-0.4, -0.2) is 49.2 Å². The third-order valence-electron chi connectivity index (χ3n) is 4.47. The number of rotatable bonds is 8. The first kappa shape index (κ1) is 24.5. The second-order valence-electron chi connectivity index (χ2n) is 6.61. The van der Waals surface area contributed by atoms with Crippen LogP contribution < -0.4 is 5.32 Å². The van der Waals surface area contributed by atoms with Gasteiger partial charge in [-0.3, -0.25) is 4.99 Å². The fraction of sp³-hybridized carbons (Fsp3) is 0.450. The predicted octanol–water partition coefficient (Wildman–Crippen LogP) is 3.29. The Morgan fingerprint density at radius 3 is 2.39 bits per heavy atom. The van der Waals surface area contributed by atoms with E-state index < -0.39 is 9.84 Å². The molecule has 1 unspecified atom stereocenters. The van der Waals surface area contributed by atoms with Gasteiger partial charge < -0.3 is 14.8 Å². The summed E-state index contributed by atoms with van der Waals surface area (Å²) in [5.41, 5.74) is 1.16. The summed E-state index contributed by atoms with van der Waals surface area (Å²) in [6.45, 7) is 5.28. The van der Waals surface area contributed by atoms with Gasteiger partial charge in [-0.05, 0) is 37.6 Å². The molecule has 0 amide bonds. The van der Waals surface area contributed by atoms with Gasteiger partial charge in [-0.2, -0.15) is 0 Å². The van der Waals surface area contributed by atoms with Crippen LogP contribution >= 0.6 is 24.0 Å². The number of aryl methyl sites for hydroxylation is 1. The van der Waals surface area contributed by atoms with Crippen molar-refractivity contribution in [3.8, 4) is 0 Å². The minimum atomic E-state index is -3.35. The minimum Gasteiger partial charge on any atom is -0.353 e. The quantitative estimate of drug-likeness (QED) is 0.331. The molecule has 1 aromatic carbocycles. The zero-order valence-electron chi connectivity index (χ0n) is 17.0. The molecule has 156 valence electrons. The highest BCUT2D eigenvalue weighted by Gasteiger charge is 2.22. The predicted molar refractivity (Wildman–Crippen MR) is 126 cm³/mol. The number of sulfone groups is 1. The molecule has 0 aliphatic carbocycles. The molecule has 2 aromatic rings. The largest absolute Gasteiger partial charge is 0.353 e. The zero-order chi connectivity index (χ0) is 19.9. The van der Waals surface area contributed by atoms with Gasteiger partial charge in [0.2, 0.25) is 0 Å². The van der Waals surface area contributed by atoms with E-state index in [4.69, 9.17) is 0 Å². The van der Waals surface area contributed by atoms with Crippen LogP contribution in [0.4, 0.5) is 0 Å². The van der Waals surface area contributed by atoms with Crippen LogP contribution in [0, 0.1) is 0 Å². The number of nitrogens with one attached hydrogen (secondary N) is 1. The molecule has 0 saturated heterocycles. The Morgan fingerprint density at radius 2 is 1.86 bits per heavy atom. The molecular formula is C20H31IN4O2S. The number of hydrogen-bond acceptors (Lipinski definition) is 3. The Balaban J connectivity index is 0.00000392. The lowest BCUT2D eigenvalue weighted by molar-refractivity contribution is 0.447. The average Bonchev–Trinajstić information content (AvgIpc) is 3.05. The number of halogens is 1. The first-order valence-electron chi connectivity index (χ1n) is 9.27. The molecule has 28 heavy (non-hydrogen) atoms. The molecule has 1 atom stereocenters. The zero-order valence-corrected chi connectivity index (χ0v) is 20.1. The maximum absolute atomic E-state index is 12.7. The first-order chi connectivity index (χ1) is 12.9. The van der Waals surface area contributed by atoms with E-state index in [1.54, 1.807) is 24.3 Å². The van der Waals surface area contributed by atoms with E-state index >= 15 is 0 Å². The maximum Gasteiger partial charge on any atom is 0.194 e. The summed E-state index contributed by atoms with van der Waals surface area (Å²) in [7, 11) is 0.619. The molecule has 1 N–H and O–H groups in total. The van der Waals surface area contributed by atoms with Crippen LogP contribution in [0.2, 0.25) is 0 Å². The van der Waals surface area contributed by atoms with Crippen molar-refractivity contribution in [1.82, 2.24) is 14.8 Å². The van der Waals surface area contributed by atoms with Gasteiger partial charge >= 0.3 is 0 Å². The molecule has 0 aliphatic rings. The SMILES string of the molecule is CCN=C(NC(CC)CS(=O)(=O)c1ccccc1)N(C)Cc1cccn1C.I. The molecule has 0 bridgehead atoms. The smallest absolute Gasteiger partial charge is 0.194 e. The van der Waals surface area contributed by atoms with Crippen molar-refractivity contribution < 1.29 is 8.42 Å². The number of benzene rings is 1. The number of aromatic nitrogens is 1. The van der Waals surface area contributed by atoms with E-state index in [0.717, 1.165) is 5.69 Å². The molecule has 0 fully saturated rings. The van der Waals surface area contributed by atoms with Gasteiger partial charge in [-0.25, -0.2) is 8.42 Å². The van der Waals surface area contributed by atoms with Crippen molar-refractivity contribution in [2.45, 2.75) is 37.8 Å². The molecule has 6 nitrogen and oxygen atoms in total. The number of nitrogens with zero attached hydrogens (tertiary/aromatic N) is 3. The molecule has 1 heterocycles. The molecule has 8 heteroatoms. The lowest BCUT2D eigenvalue weighted by Crippen LogP contribution is -2.46. The third kappa shape index (κ3) is 6.80. The van der Waals surface area contributed by atoms with E-state index in [0.29, 0.717) is 30.4 Å². The van der Waals surface area contributed by atoms with Crippen molar-refractivity contribution in [1.29, 1.82) is 0 Å². The van der Waals surface area contributed by atoms with Gasteiger partial charge in [-0.15, -0.1) is 24.0 Å². The van der Waals surface area contributed by atoms with Gasteiger partial charge in [0.15, 0.2) is 15.8 Å². The van der Waals surface area contributed by atoms with Crippen molar-refractivity contribution in [3.63, 3.8) is 0 Å². The highest BCUT2D eigenvalue weighted by atomic mass is 127. The normalized spacial score (nSPS) is 12.9. The average molecular weight is 518 g/mol. The van der Waals surface area contributed by atoms with Gasteiger partial charge in [0.05, 0.1) is 17.2 Å². The van der Waals surface area contributed by atoms with Gasteiger partial charge in [0.25, 0.3) is 0 Å². The number of aliphatic imine (C=N–C) groups is 1. The van der Waals surface area contributed by atoms with Crippen LogP contribution in [0.25, 0.3) is 0 Å². The molecule has 0 aliphatic heterocycles. The Morgan fingerprint density at radius 1 is 1.18 bits per heavy atom. The summed E-state index contributed by atoms with van der Waals surface area (Å²) in [4.78, 5) is 6.93. The monoisotopic (exact) mass is 518 g/mol. The summed E-state index contributed by atoms with van der Waals surface area (Å²) in [5.74, 6) is 0.752. The Labute approximate surface area is 186 Å². The fourth-order valence-electron chi connectivity index (χ4n) is 2.84. The minimum absolute atomic E-state index is 0. The van der Waals surface area contributed by atoms with Crippen LogP contribution in [0.15, 0.2) is 58.5 Å². The van der Waals surface area contributed by atoms with Crippen molar-refractivity contribution in [3.05, 3.63) is 54.4 Å². The number of hydrogen-bond donors (Lipinski definition) is 1. The topological polar surface area (TPSA) is 66.7 Å². The van der Waals surface area contributed by atoms with Crippen LogP contribution in [-0.2, 0) is 23.4 Å². The first-order valence-corrected chi connectivity index (χ1v) is 10.9. The molecule has 2 rings (SSSR count). The summed E-state index contributed by atoms with van der Waals surface area (Å²) < 4.78 is 27.5. The molecular weight excluding hydrogens is 487 g/mol. The second-order valence-corrected chi connectivity index (χ2v) is 8.64. The molecule has 0 radical (unpaired) electrons. The molecule has 0 saturated carbocycles. The van der Waals surface area contributed by atoms with E-state index in [2.05, 4.69) is 20.9 Å². The summed E-state index contributed by atoms with van der Waals surface area (Å²) in [5, 5.41) is 3.35. The standard InChI is InChI=1S/C20H30N4O2S.HI/c1-5-17(16-27(25,26)19-12-8-7-9-13-19)22-20(21-6-2)24(4)15-18-11-10-14-23(18)3;/h7-14,17H,5-6,15-16H2,1-4H3,(H,21,22);1H. The summed E-state index contributed by atoms with van der Waals surface area (Å²) in [6.07, 6.45) is 2.70. The fourth-order valence-corrected chi connectivity index (χ4v) is 4.45. The highest BCUT2D eigenvalue weighted by molar-refractivity contribution is 14.0. The Bertz CT molecular complexity index is 850. The van der Waals surface area contributed by atoms with Crippen LogP contribution in [0.5, 0.6) is 0 Å². The third-order valence-corrected chi connectivity index (χ3v) is 6.30. The maximum atomic E-state index is 12.7. The summed E-state index contributed by atoms with van der Waals surface area (Å²) >= 11 is 0. The molecule has 1 aromatic heterocycles. The van der Waals surface area contributed by atoms with E-state index in [-0.39, 0.29) is 35.8 Å². The molecule has 0 spiro atoms. The lowest BCUT2D eigenvalue weighted by Gasteiger charge is -2.27. The van der Waals surface area contributed by atoms with Crippen molar-refractivity contribution in [2.75, 3.05) is 19.3 Å². The second kappa shape index (κ2) is 11.5. The highest BCUT2D eigenvalue weighted by Crippen LogP contribution is 2.13. The van der Waals surface area contributed by atoms with Crippen molar-refractivity contribution in [2.24, 2.45) is 12.0 Å². The van der Waals surface area contributed by atoms with Crippen LogP contribution in [0.3, 0.4) is 0 Å². The van der Waals surface area contributed by atoms with Crippen LogP contribution in [0.1, 0.15) is 26.0 Å². The number of guanidine groups is 1. The van der Waals surface area contributed by atoms with Gasteiger partial charge in [0, 0.05) is 38.6 Å². The Hall–Kier alpha value is -1.55. The van der Waals surface area contributed by atoms with E-state index in [9.17, 15) is 8.42 Å². The lowest BCUT2D eigenvalue weighted by atomic mass is 10.2. The van der Waals surface area contributed by atoms with Gasteiger partial charge in [-0.1, -0.05) is 25.1 Å².